The highest BCUT2D eigenvalue weighted by atomic mass is 31.2. The molecular weight excluding hydrogens is 1100 g/mol. The number of alkyl halides is 17. The predicted molar refractivity (Wildman–Crippen MR) is 221 cm³/mol. The smallest absolute Gasteiger partial charge is 0.469 e. The first-order chi connectivity index (χ1) is 34.9. The third-order valence-corrected chi connectivity index (χ3v) is 12.1. The fourth-order valence-corrected chi connectivity index (χ4v) is 8.12. The number of carbonyl (C=O) groups excluding carboxylic acids is 1. The summed E-state index contributed by atoms with van der Waals surface area (Å²) in [5.41, 5.74) is -0.799. The number of aromatic amines is 1. The molecule has 3 atom stereocenters. The predicted octanol–water partition coefficient (Wildman–Crippen LogP) is 9.57. The molecule has 16 nitrogen and oxygen atoms in total. The summed E-state index contributed by atoms with van der Waals surface area (Å²) in [6.07, 6.45) is -17.4. The van der Waals surface area contributed by atoms with Crippen LogP contribution in [0, 0.1) is 0 Å². The van der Waals surface area contributed by atoms with Crippen molar-refractivity contribution >= 4 is 30.9 Å². The number of hydrogen-bond acceptors (Lipinski definition) is 12. The number of halogens is 17. The van der Waals surface area contributed by atoms with Crippen LogP contribution in [0.1, 0.15) is 42.2 Å². The standard InChI is InChI=1S/C42H35F17N5O11P/c1-70-24-12-8-22(9-13-24)35(21-6-4-3-5-7-21,23-10-14-25(71-2)15-11-23)72-19-27-26(75-76(67,68)69)18-28(73-27)64-20-60-30-31(64)61-33(62-32(30)66)63-74-29(65)16-17-34(43,44)36(45,46)37(47,48)38(49,50)39(51,52)40(53,54)41(55,56)42(57,58)59/h3-15,20,26-28H,16-19H2,1-2H3,(H2,67,68,69)(H2,61,62,63,66)/t26-,27+,28+/m0/s1. The van der Waals surface area contributed by atoms with Gasteiger partial charge in [0.05, 0.1) is 33.6 Å². The fourth-order valence-electron chi connectivity index (χ4n) is 7.54. The second-order valence-electron chi connectivity index (χ2n) is 16.3. The number of nitrogens with one attached hydrogen (secondary N) is 2. The molecule has 5 aromatic rings. The lowest BCUT2D eigenvalue weighted by Crippen LogP contribution is -2.74. The lowest BCUT2D eigenvalue weighted by Gasteiger charge is -2.42. The first-order valence-electron chi connectivity index (χ1n) is 21.0. The number of hydrogen-bond donors (Lipinski definition) is 4. The highest BCUT2D eigenvalue weighted by molar-refractivity contribution is 7.46. The van der Waals surface area contributed by atoms with Crippen LogP contribution in [0.25, 0.3) is 11.2 Å². The van der Waals surface area contributed by atoms with E-state index in [1.54, 1.807) is 78.9 Å². The molecule has 0 spiro atoms. The molecule has 6 rings (SSSR count). The normalized spacial score (nSPS) is 17.7. The molecule has 34 heteroatoms. The number of H-pyrrole nitrogens is 1. The number of methoxy groups -OCH3 is 2. The summed E-state index contributed by atoms with van der Waals surface area (Å²) in [6.45, 7) is -0.536. The van der Waals surface area contributed by atoms with Gasteiger partial charge in [-0.2, -0.15) is 85.1 Å². The van der Waals surface area contributed by atoms with Crippen LogP contribution in [-0.2, 0) is 33.8 Å². The van der Waals surface area contributed by atoms with Gasteiger partial charge >= 0.3 is 61.4 Å². The lowest BCUT2D eigenvalue weighted by molar-refractivity contribution is -0.461. The van der Waals surface area contributed by atoms with Crippen molar-refractivity contribution in [3.8, 4) is 11.5 Å². The van der Waals surface area contributed by atoms with Gasteiger partial charge in [-0.25, -0.2) is 14.3 Å². The van der Waals surface area contributed by atoms with Crippen LogP contribution in [-0.4, -0.2) is 116 Å². The average Bonchev–Trinajstić information content (AvgIpc) is 3.96. The van der Waals surface area contributed by atoms with Crippen molar-refractivity contribution in [3.63, 3.8) is 0 Å². The van der Waals surface area contributed by atoms with Crippen LogP contribution in [0.4, 0.5) is 80.6 Å². The minimum absolute atomic E-state index is 0.460. The van der Waals surface area contributed by atoms with E-state index in [2.05, 4.69) is 14.8 Å². The summed E-state index contributed by atoms with van der Waals surface area (Å²) in [7, 11) is -2.48. The van der Waals surface area contributed by atoms with E-state index in [0.717, 1.165) is 10.9 Å². The summed E-state index contributed by atoms with van der Waals surface area (Å²) in [6, 6.07) is 21.9. The Morgan fingerprint density at radius 1 is 0.737 bits per heavy atom. The zero-order valence-electron chi connectivity index (χ0n) is 37.9. The number of benzene rings is 3. The maximum absolute atomic E-state index is 14.5. The minimum Gasteiger partial charge on any atom is -0.497 e. The van der Waals surface area contributed by atoms with E-state index in [1.165, 1.54) is 19.7 Å². The zero-order valence-corrected chi connectivity index (χ0v) is 38.8. The van der Waals surface area contributed by atoms with Crippen molar-refractivity contribution in [1.29, 1.82) is 0 Å². The molecule has 0 radical (unpaired) electrons. The van der Waals surface area contributed by atoms with Gasteiger partial charge in [0, 0.05) is 12.8 Å². The Morgan fingerprint density at radius 2 is 1.22 bits per heavy atom. The van der Waals surface area contributed by atoms with E-state index in [9.17, 15) is 98.6 Å². The van der Waals surface area contributed by atoms with Gasteiger partial charge in [0.25, 0.3) is 5.56 Å². The van der Waals surface area contributed by atoms with E-state index in [0.29, 0.717) is 28.2 Å². The molecule has 0 aliphatic carbocycles. The van der Waals surface area contributed by atoms with Crippen LogP contribution in [0.3, 0.4) is 0 Å². The van der Waals surface area contributed by atoms with Crippen molar-refractivity contribution in [1.82, 2.24) is 19.5 Å². The van der Waals surface area contributed by atoms with Crippen molar-refractivity contribution in [2.24, 2.45) is 0 Å². The van der Waals surface area contributed by atoms with Gasteiger partial charge in [-0.15, -0.1) is 0 Å². The number of carbonyl (C=O) groups is 1. The van der Waals surface area contributed by atoms with Gasteiger partial charge in [0.2, 0.25) is 5.95 Å². The Kier molecular flexibility index (Phi) is 16.0. The lowest BCUT2D eigenvalue weighted by atomic mass is 9.80. The minimum atomic E-state index is -8.84. The first-order valence-corrected chi connectivity index (χ1v) is 22.5. The first kappa shape index (κ1) is 59.0. The van der Waals surface area contributed by atoms with Gasteiger partial charge < -0.3 is 33.6 Å². The summed E-state index contributed by atoms with van der Waals surface area (Å²) in [5, 5.41) is 0. The second-order valence-corrected chi connectivity index (χ2v) is 17.5. The molecule has 1 aliphatic heterocycles. The van der Waals surface area contributed by atoms with Crippen LogP contribution in [0.5, 0.6) is 11.5 Å². The fraction of sp³-hybridized carbons (Fsp3) is 0.429. The average molecular weight is 1140 g/mol. The number of anilines is 1. The Morgan fingerprint density at radius 3 is 1.71 bits per heavy atom. The maximum Gasteiger partial charge on any atom is 0.469 e. The summed E-state index contributed by atoms with van der Waals surface area (Å²) in [4.78, 5) is 59.0. The number of ether oxygens (including phenoxy) is 4. The number of fused-ring (bicyclic) bond motifs is 1. The number of rotatable bonds is 22. The molecule has 3 heterocycles. The third-order valence-electron chi connectivity index (χ3n) is 11.5. The molecule has 1 fully saturated rings. The monoisotopic (exact) mass is 1140 g/mol. The Bertz CT molecular complexity index is 2910. The van der Waals surface area contributed by atoms with Crippen LogP contribution >= 0.6 is 7.82 Å². The van der Waals surface area contributed by atoms with Crippen molar-refractivity contribution in [2.75, 3.05) is 26.3 Å². The molecule has 4 N–H and O–H groups in total. The quantitative estimate of drug-likeness (QED) is 0.0221. The van der Waals surface area contributed by atoms with E-state index < -0.39 is 134 Å². The molecule has 418 valence electrons. The largest absolute Gasteiger partial charge is 0.497 e. The van der Waals surface area contributed by atoms with Crippen molar-refractivity contribution in [3.05, 3.63) is 112 Å². The molecule has 1 aliphatic rings. The SMILES string of the molecule is COc1ccc(C(OC[C@H]2O[C@@H](n3cnc4c(=O)[nH]c(NOC(=O)CCC(F)(F)C(F)(F)C(F)(F)C(F)(F)C(F)(F)C(F)(F)C(F)(F)C(F)(F)F)nc43)C[C@@H]2OP(=O)(O)O)(c2ccccc2)c2ccc(OC)cc2)cc1. The van der Waals surface area contributed by atoms with Gasteiger partial charge in [-0.1, -0.05) is 54.6 Å². The zero-order chi connectivity index (χ0) is 56.9. The summed E-state index contributed by atoms with van der Waals surface area (Å²) < 4.78 is 275. The Labute approximate surface area is 413 Å². The maximum atomic E-state index is 14.5. The van der Waals surface area contributed by atoms with Crippen LogP contribution < -0.4 is 20.5 Å². The third kappa shape index (κ3) is 10.5. The highest BCUT2D eigenvalue weighted by Crippen LogP contribution is 2.64. The van der Waals surface area contributed by atoms with Gasteiger partial charge in [-0.05, 0) is 41.0 Å². The molecule has 0 saturated carbocycles. The number of aromatic nitrogens is 4. The topological polar surface area (TPSA) is 206 Å². The molecule has 76 heavy (non-hydrogen) atoms. The molecule has 2 aromatic heterocycles. The number of nitrogens with zero attached hydrogens (tertiary/aromatic N) is 3. The number of phosphoric ester groups is 1. The molecule has 0 amide bonds. The van der Waals surface area contributed by atoms with E-state index in [-0.39, 0.29) is 0 Å². The molecular formula is C42H35F17N5O11P. The number of phosphoric acid groups is 1. The van der Waals surface area contributed by atoms with Gasteiger partial charge in [0.1, 0.15) is 35.5 Å². The van der Waals surface area contributed by atoms with Crippen LogP contribution in [0.15, 0.2) is 90.0 Å². The van der Waals surface area contributed by atoms with E-state index >= 15 is 0 Å². The molecule has 0 bridgehead atoms. The van der Waals surface area contributed by atoms with Gasteiger partial charge in [-0.3, -0.25) is 18.9 Å². The van der Waals surface area contributed by atoms with Crippen LogP contribution in [0.2, 0.25) is 0 Å². The van der Waals surface area contributed by atoms with Gasteiger partial charge in [0.15, 0.2) is 11.2 Å². The molecule has 3 aromatic carbocycles. The Hall–Kier alpha value is -6.28. The molecule has 0 unspecified atom stereocenters. The second kappa shape index (κ2) is 20.6. The number of imidazole rings is 1. The summed E-state index contributed by atoms with van der Waals surface area (Å²) >= 11 is 0. The van der Waals surface area contributed by atoms with Crippen molar-refractivity contribution < 1.29 is 122 Å². The molecule has 1 saturated heterocycles. The Balaban J connectivity index is 1.22. The van der Waals surface area contributed by atoms with Crippen molar-refractivity contribution in [2.45, 2.75) is 90.9 Å². The highest BCUT2D eigenvalue weighted by Gasteiger charge is 2.95. The van der Waals surface area contributed by atoms with E-state index in [4.69, 9.17) is 23.5 Å². The summed E-state index contributed by atoms with van der Waals surface area (Å²) in [5.74, 6) is -60.6. The van der Waals surface area contributed by atoms with E-state index in [1.807, 2.05) is 4.98 Å².